The quantitative estimate of drug-likeness (QED) is 0.746. The summed E-state index contributed by atoms with van der Waals surface area (Å²) in [7, 11) is 0. The predicted octanol–water partition coefficient (Wildman–Crippen LogP) is 4.47. The van der Waals surface area contributed by atoms with Crippen LogP contribution >= 0.6 is 15.9 Å². The molecule has 0 bridgehead atoms. The van der Waals surface area contributed by atoms with E-state index in [0.717, 1.165) is 15.6 Å². The maximum atomic E-state index is 9.07. The van der Waals surface area contributed by atoms with Crippen LogP contribution in [0.1, 0.15) is 18.1 Å². The molecule has 1 nitrogen and oxygen atoms in total. The highest BCUT2D eigenvalue weighted by Gasteiger charge is 2.04. The van der Waals surface area contributed by atoms with Crippen molar-refractivity contribution in [2.24, 2.45) is 0 Å². The summed E-state index contributed by atoms with van der Waals surface area (Å²) in [6, 6.07) is 7.88. The maximum Gasteiger partial charge on any atom is 0.0998 e. The Kier molecular flexibility index (Phi) is 4.75. The second-order valence-electron chi connectivity index (χ2n) is 3.14. The first kappa shape index (κ1) is 12.5. The van der Waals surface area contributed by atoms with Crippen molar-refractivity contribution >= 4 is 21.5 Å². The van der Waals surface area contributed by atoms with Crippen LogP contribution in [0, 0.1) is 11.3 Å². The Hall–Kier alpha value is -1.59. The van der Waals surface area contributed by atoms with Gasteiger partial charge in [0.05, 0.1) is 11.6 Å². The second kappa shape index (κ2) is 6.09. The van der Waals surface area contributed by atoms with Crippen LogP contribution in [0.4, 0.5) is 0 Å². The molecule has 0 amide bonds. The Balaban J connectivity index is 3.27. The Morgan fingerprint density at radius 1 is 1.50 bits per heavy atom. The third-order valence-corrected chi connectivity index (χ3v) is 2.63. The number of rotatable bonds is 3. The monoisotopic (exact) mass is 273 g/mol. The van der Waals surface area contributed by atoms with Crippen LogP contribution in [0.2, 0.25) is 0 Å². The Bertz CT molecular complexity index is 490. The van der Waals surface area contributed by atoms with Crippen LogP contribution in [0.15, 0.2) is 53.6 Å². The SMILES string of the molecule is C=C/C=C\C(=C/C)c1ccc(Br)cc1C#N. The van der Waals surface area contributed by atoms with E-state index in [1.807, 2.05) is 43.4 Å². The fourth-order valence-corrected chi connectivity index (χ4v) is 1.74. The van der Waals surface area contributed by atoms with Crippen LogP contribution in [0.25, 0.3) is 5.57 Å². The molecule has 16 heavy (non-hydrogen) atoms. The van der Waals surface area contributed by atoms with E-state index in [1.165, 1.54) is 0 Å². The van der Waals surface area contributed by atoms with Gasteiger partial charge in [0, 0.05) is 4.47 Å². The van der Waals surface area contributed by atoms with Gasteiger partial charge in [-0.3, -0.25) is 0 Å². The average molecular weight is 274 g/mol. The number of hydrogen-bond acceptors (Lipinski definition) is 1. The summed E-state index contributed by atoms with van der Waals surface area (Å²) in [6.07, 6.45) is 7.49. The maximum absolute atomic E-state index is 9.07. The molecule has 0 radical (unpaired) electrons. The summed E-state index contributed by atoms with van der Waals surface area (Å²) in [4.78, 5) is 0. The molecule has 0 fully saturated rings. The van der Waals surface area contributed by atoms with Gasteiger partial charge >= 0.3 is 0 Å². The highest BCUT2D eigenvalue weighted by Crippen LogP contribution is 2.23. The molecule has 0 aliphatic carbocycles. The van der Waals surface area contributed by atoms with E-state index in [1.54, 1.807) is 6.08 Å². The van der Waals surface area contributed by atoms with Crippen LogP contribution in [0.3, 0.4) is 0 Å². The lowest BCUT2D eigenvalue weighted by Crippen LogP contribution is -1.87. The number of nitrogens with zero attached hydrogens (tertiary/aromatic N) is 1. The second-order valence-corrected chi connectivity index (χ2v) is 4.06. The molecule has 0 heterocycles. The third kappa shape index (κ3) is 2.95. The zero-order valence-electron chi connectivity index (χ0n) is 9.07. The van der Waals surface area contributed by atoms with E-state index in [4.69, 9.17) is 5.26 Å². The zero-order valence-corrected chi connectivity index (χ0v) is 10.7. The van der Waals surface area contributed by atoms with Crippen molar-refractivity contribution in [1.29, 1.82) is 5.26 Å². The van der Waals surface area contributed by atoms with Crippen molar-refractivity contribution in [3.63, 3.8) is 0 Å². The molecule has 80 valence electrons. The molecule has 1 aromatic rings. The van der Waals surface area contributed by atoms with Gasteiger partial charge in [0.15, 0.2) is 0 Å². The molecule has 0 unspecified atom stereocenters. The van der Waals surface area contributed by atoms with E-state index in [2.05, 4.69) is 28.6 Å². The smallest absolute Gasteiger partial charge is 0.0998 e. The molecule has 1 aromatic carbocycles. The molecule has 1 rings (SSSR count). The van der Waals surface area contributed by atoms with E-state index < -0.39 is 0 Å². The minimum Gasteiger partial charge on any atom is -0.192 e. The normalized spacial score (nSPS) is 11.4. The number of hydrogen-bond donors (Lipinski definition) is 0. The topological polar surface area (TPSA) is 23.8 Å². The van der Waals surface area contributed by atoms with Gasteiger partial charge in [0.2, 0.25) is 0 Å². The lowest BCUT2D eigenvalue weighted by atomic mass is 10.00. The molecule has 0 saturated heterocycles. The Morgan fingerprint density at radius 2 is 2.25 bits per heavy atom. The average Bonchev–Trinajstić information content (AvgIpc) is 2.31. The fraction of sp³-hybridized carbons (Fsp3) is 0.0714. The van der Waals surface area contributed by atoms with Crippen molar-refractivity contribution in [3.05, 3.63) is 64.7 Å². The van der Waals surface area contributed by atoms with Crippen molar-refractivity contribution in [1.82, 2.24) is 0 Å². The van der Waals surface area contributed by atoms with Crippen LogP contribution in [0.5, 0.6) is 0 Å². The van der Waals surface area contributed by atoms with Gasteiger partial charge in [-0.25, -0.2) is 0 Å². The number of allylic oxidation sites excluding steroid dienone is 5. The van der Waals surface area contributed by atoms with Crippen LogP contribution in [-0.4, -0.2) is 0 Å². The molecule has 0 saturated carbocycles. The highest BCUT2D eigenvalue weighted by molar-refractivity contribution is 9.10. The lowest BCUT2D eigenvalue weighted by Gasteiger charge is -2.05. The summed E-state index contributed by atoms with van der Waals surface area (Å²) in [5.41, 5.74) is 2.62. The van der Waals surface area contributed by atoms with Gasteiger partial charge < -0.3 is 0 Å². The molecule has 0 N–H and O–H groups in total. The highest BCUT2D eigenvalue weighted by atomic mass is 79.9. The summed E-state index contributed by atoms with van der Waals surface area (Å²) >= 11 is 3.36. The first-order valence-corrected chi connectivity index (χ1v) is 5.67. The number of benzene rings is 1. The van der Waals surface area contributed by atoms with Gasteiger partial charge in [0.25, 0.3) is 0 Å². The van der Waals surface area contributed by atoms with E-state index in [0.29, 0.717) is 5.56 Å². The Labute approximate surface area is 105 Å². The van der Waals surface area contributed by atoms with Gasteiger partial charge in [-0.2, -0.15) is 5.26 Å². The molecular weight excluding hydrogens is 262 g/mol. The van der Waals surface area contributed by atoms with E-state index >= 15 is 0 Å². The first-order valence-electron chi connectivity index (χ1n) is 4.88. The molecule has 0 atom stereocenters. The molecular formula is C14H12BrN. The summed E-state index contributed by atoms with van der Waals surface area (Å²) < 4.78 is 0.913. The molecule has 0 aliphatic heterocycles. The minimum absolute atomic E-state index is 0.663. The van der Waals surface area contributed by atoms with Crippen LogP contribution in [-0.2, 0) is 0 Å². The largest absolute Gasteiger partial charge is 0.192 e. The van der Waals surface area contributed by atoms with Crippen molar-refractivity contribution in [2.45, 2.75) is 6.92 Å². The van der Waals surface area contributed by atoms with Gasteiger partial charge in [0.1, 0.15) is 0 Å². The summed E-state index contributed by atoms with van der Waals surface area (Å²) in [5, 5.41) is 9.07. The zero-order chi connectivity index (χ0) is 12.0. The van der Waals surface area contributed by atoms with Gasteiger partial charge in [-0.15, -0.1) is 0 Å². The van der Waals surface area contributed by atoms with Gasteiger partial charge in [-0.1, -0.05) is 52.9 Å². The van der Waals surface area contributed by atoms with Crippen molar-refractivity contribution < 1.29 is 0 Å². The molecule has 2 heteroatoms. The minimum atomic E-state index is 0.663. The molecule has 0 aliphatic rings. The van der Waals surface area contributed by atoms with Crippen molar-refractivity contribution in [2.75, 3.05) is 0 Å². The van der Waals surface area contributed by atoms with Crippen molar-refractivity contribution in [3.8, 4) is 6.07 Å². The molecule has 0 aromatic heterocycles. The van der Waals surface area contributed by atoms with Gasteiger partial charge in [-0.05, 0) is 30.2 Å². The van der Waals surface area contributed by atoms with E-state index in [9.17, 15) is 0 Å². The lowest BCUT2D eigenvalue weighted by molar-refractivity contribution is 1.45. The summed E-state index contributed by atoms with van der Waals surface area (Å²) in [6.45, 7) is 5.58. The third-order valence-electron chi connectivity index (χ3n) is 2.14. The molecule has 0 spiro atoms. The van der Waals surface area contributed by atoms with Crippen LogP contribution < -0.4 is 0 Å². The fourth-order valence-electron chi connectivity index (χ4n) is 1.37. The van der Waals surface area contributed by atoms with E-state index in [-0.39, 0.29) is 0 Å². The predicted molar refractivity (Wildman–Crippen MR) is 71.8 cm³/mol. The number of halogens is 1. The standard InChI is InChI=1S/C14H12BrN/c1-3-5-6-11(4-2)14-8-7-13(15)9-12(14)10-16/h3-9H,1H2,2H3/b6-5-,11-4+. The summed E-state index contributed by atoms with van der Waals surface area (Å²) in [5.74, 6) is 0. The first-order chi connectivity index (χ1) is 7.72. The number of nitriles is 1. The Morgan fingerprint density at radius 3 is 2.81 bits per heavy atom.